The minimum atomic E-state index is 0.447. The maximum Gasteiger partial charge on any atom is 0.132 e. The minimum Gasteiger partial charge on any atom is -0.383 e. The SMILES string of the molecule is C#CCn1cnc(-c2c(C)cc(C)cc2C)c1N. The summed E-state index contributed by atoms with van der Waals surface area (Å²) in [5.74, 6) is 3.20. The molecule has 0 amide bonds. The van der Waals surface area contributed by atoms with E-state index in [2.05, 4.69) is 43.8 Å². The molecule has 2 rings (SSSR count). The second kappa shape index (κ2) is 4.58. The van der Waals surface area contributed by atoms with Gasteiger partial charge in [0.25, 0.3) is 0 Å². The topological polar surface area (TPSA) is 43.8 Å². The molecule has 0 unspecified atom stereocenters. The molecule has 0 aliphatic heterocycles. The first-order chi connectivity index (χ1) is 8.54. The van der Waals surface area contributed by atoms with Crippen LogP contribution in [0.4, 0.5) is 5.82 Å². The molecule has 0 aliphatic carbocycles. The maximum atomic E-state index is 6.10. The molecule has 0 spiro atoms. The van der Waals surface area contributed by atoms with Gasteiger partial charge in [-0.3, -0.25) is 0 Å². The van der Waals surface area contributed by atoms with E-state index in [-0.39, 0.29) is 0 Å². The summed E-state index contributed by atoms with van der Waals surface area (Å²) in [7, 11) is 0. The number of rotatable bonds is 2. The minimum absolute atomic E-state index is 0.447. The van der Waals surface area contributed by atoms with Gasteiger partial charge in [-0.2, -0.15) is 0 Å². The van der Waals surface area contributed by atoms with Crippen LogP contribution in [0.25, 0.3) is 11.3 Å². The van der Waals surface area contributed by atoms with E-state index in [1.165, 1.54) is 16.7 Å². The van der Waals surface area contributed by atoms with Gasteiger partial charge in [0.1, 0.15) is 11.5 Å². The molecule has 2 N–H and O–H groups in total. The van der Waals surface area contributed by atoms with Gasteiger partial charge < -0.3 is 10.3 Å². The lowest BCUT2D eigenvalue weighted by Crippen LogP contribution is -2.01. The molecule has 0 atom stereocenters. The molecule has 0 saturated carbocycles. The average Bonchev–Trinajstić information content (AvgIpc) is 2.61. The van der Waals surface area contributed by atoms with Crippen molar-refractivity contribution >= 4 is 5.82 Å². The second-order valence-corrected chi connectivity index (χ2v) is 4.58. The Morgan fingerprint density at radius 3 is 2.44 bits per heavy atom. The number of hydrogen-bond acceptors (Lipinski definition) is 2. The Bertz CT molecular complexity index is 607. The number of aryl methyl sites for hydroxylation is 3. The zero-order chi connectivity index (χ0) is 13.3. The quantitative estimate of drug-likeness (QED) is 0.819. The summed E-state index contributed by atoms with van der Waals surface area (Å²) in [6, 6.07) is 4.28. The fourth-order valence-corrected chi connectivity index (χ4v) is 2.36. The fraction of sp³-hybridized carbons (Fsp3) is 0.267. The summed E-state index contributed by atoms with van der Waals surface area (Å²) >= 11 is 0. The molecule has 0 bridgehead atoms. The van der Waals surface area contributed by atoms with Crippen LogP contribution in [0, 0.1) is 33.1 Å². The number of aromatic nitrogens is 2. The van der Waals surface area contributed by atoms with Gasteiger partial charge in [0.2, 0.25) is 0 Å². The number of terminal acetylenes is 1. The summed E-state index contributed by atoms with van der Waals surface area (Å²) in [5, 5.41) is 0. The van der Waals surface area contributed by atoms with Crippen molar-refractivity contribution in [2.45, 2.75) is 27.3 Å². The van der Waals surface area contributed by atoms with Gasteiger partial charge in [0, 0.05) is 5.56 Å². The summed E-state index contributed by atoms with van der Waals surface area (Å²) in [5.41, 5.74) is 11.6. The number of nitrogen functional groups attached to an aromatic ring is 1. The van der Waals surface area contributed by atoms with Crippen molar-refractivity contribution in [1.82, 2.24) is 9.55 Å². The maximum absolute atomic E-state index is 6.10. The van der Waals surface area contributed by atoms with Gasteiger partial charge >= 0.3 is 0 Å². The Morgan fingerprint density at radius 1 is 1.28 bits per heavy atom. The van der Waals surface area contributed by atoms with Crippen molar-refractivity contribution in [3.05, 3.63) is 35.2 Å². The normalized spacial score (nSPS) is 10.3. The van der Waals surface area contributed by atoms with Crippen LogP contribution in [-0.4, -0.2) is 9.55 Å². The fourth-order valence-electron chi connectivity index (χ4n) is 2.36. The van der Waals surface area contributed by atoms with Gasteiger partial charge in [0.05, 0.1) is 12.9 Å². The van der Waals surface area contributed by atoms with E-state index < -0.39 is 0 Å². The smallest absolute Gasteiger partial charge is 0.132 e. The molecule has 2 aromatic rings. The zero-order valence-electron chi connectivity index (χ0n) is 11.0. The van der Waals surface area contributed by atoms with E-state index in [0.29, 0.717) is 12.4 Å². The van der Waals surface area contributed by atoms with E-state index in [4.69, 9.17) is 12.2 Å². The van der Waals surface area contributed by atoms with Gasteiger partial charge in [0.15, 0.2) is 0 Å². The Labute approximate surface area is 108 Å². The number of imidazole rings is 1. The molecule has 1 heterocycles. The van der Waals surface area contributed by atoms with Gasteiger partial charge in [-0.1, -0.05) is 23.6 Å². The molecule has 0 fully saturated rings. The summed E-state index contributed by atoms with van der Waals surface area (Å²) in [6.45, 7) is 6.69. The number of anilines is 1. The van der Waals surface area contributed by atoms with Gasteiger partial charge in [-0.25, -0.2) is 4.98 Å². The Balaban J connectivity index is 2.60. The number of benzene rings is 1. The van der Waals surface area contributed by atoms with E-state index in [9.17, 15) is 0 Å². The molecule has 92 valence electrons. The second-order valence-electron chi connectivity index (χ2n) is 4.58. The van der Waals surface area contributed by atoms with E-state index in [1.54, 1.807) is 10.9 Å². The van der Waals surface area contributed by atoms with Crippen LogP contribution >= 0.6 is 0 Å². The standard InChI is InChI=1S/C15H17N3/c1-5-6-18-9-17-14(15(18)16)13-11(3)7-10(2)8-12(13)4/h1,7-9H,6,16H2,2-4H3. The van der Waals surface area contributed by atoms with Gasteiger partial charge in [-0.05, 0) is 31.9 Å². The van der Waals surface area contributed by atoms with Crippen molar-refractivity contribution < 1.29 is 0 Å². The number of hydrogen-bond donors (Lipinski definition) is 1. The first-order valence-electron chi connectivity index (χ1n) is 5.87. The van der Waals surface area contributed by atoms with Crippen LogP contribution in [0.2, 0.25) is 0 Å². The van der Waals surface area contributed by atoms with Crippen LogP contribution < -0.4 is 5.73 Å². The zero-order valence-corrected chi connectivity index (χ0v) is 11.0. The largest absolute Gasteiger partial charge is 0.383 e. The molecule has 3 nitrogen and oxygen atoms in total. The molecule has 18 heavy (non-hydrogen) atoms. The third-order valence-electron chi connectivity index (χ3n) is 3.05. The van der Waals surface area contributed by atoms with Crippen molar-refractivity contribution in [2.75, 3.05) is 5.73 Å². The lowest BCUT2D eigenvalue weighted by Gasteiger charge is -2.10. The highest BCUT2D eigenvalue weighted by Crippen LogP contribution is 2.31. The molecule has 0 saturated heterocycles. The number of nitrogens with zero attached hydrogens (tertiary/aromatic N) is 2. The third kappa shape index (κ3) is 1.98. The number of nitrogens with two attached hydrogens (primary N) is 1. The van der Waals surface area contributed by atoms with E-state index in [0.717, 1.165) is 11.3 Å². The van der Waals surface area contributed by atoms with Crippen LogP contribution in [-0.2, 0) is 6.54 Å². The van der Waals surface area contributed by atoms with Crippen molar-refractivity contribution in [1.29, 1.82) is 0 Å². The molecule has 3 heteroatoms. The first-order valence-corrected chi connectivity index (χ1v) is 5.87. The molecule has 0 radical (unpaired) electrons. The Morgan fingerprint density at radius 2 is 1.89 bits per heavy atom. The van der Waals surface area contributed by atoms with E-state index in [1.807, 2.05) is 0 Å². The highest BCUT2D eigenvalue weighted by molar-refractivity contribution is 5.76. The molecule has 1 aromatic carbocycles. The molecule has 0 aliphatic rings. The van der Waals surface area contributed by atoms with Crippen LogP contribution in [0.1, 0.15) is 16.7 Å². The summed E-state index contributed by atoms with van der Waals surface area (Å²) in [4.78, 5) is 4.40. The lowest BCUT2D eigenvalue weighted by molar-refractivity contribution is 0.852. The van der Waals surface area contributed by atoms with Crippen LogP contribution in [0.3, 0.4) is 0 Å². The predicted octanol–water partition coefficient (Wildman–Crippen LogP) is 2.69. The van der Waals surface area contributed by atoms with E-state index >= 15 is 0 Å². The lowest BCUT2D eigenvalue weighted by atomic mass is 9.97. The predicted molar refractivity (Wildman–Crippen MR) is 75.1 cm³/mol. The summed E-state index contributed by atoms with van der Waals surface area (Å²) < 4.78 is 1.79. The van der Waals surface area contributed by atoms with Crippen LogP contribution in [0.15, 0.2) is 18.5 Å². The molecular formula is C15H17N3. The van der Waals surface area contributed by atoms with Gasteiger partial charge in [-0.15, -0.1) is 6.42 Å². The monoisotopic (exact) mass is 239 g/mol. The summed E-state index contributed by atoms with van der Waals surface area (Å²) in [6.07, 6.45) is 7.00. The molecular weight excluding hydrogens is 222 g/mol. The third-order valence-corrected chi connectivity index (χ3v) is 3.05. The van der Waals surface area contributed by atoms with Crippen molar-refractivity contribution in [3.8, 4) is 23.6 Å². The first kappa shape index (κ1) is 12.3. The Hall–Kier alpha value is -2.21. The Kier molecular flexibility index (Phi) is 3.12. The average molecular weight is 239 g/mol. The van der Waals surface area contributed by atoms with Crippen LogP contribution in [0.5, 0.6) is 0 Å². The van der Waals surface area contributed by atoms with Crippen molar-refractivity contribution in [3.63, 3.8) is 0 Å². The van der Waals surface area contributed by atoms with Crippen molar-refractivity contribution in [2.24, 2.45) is 0 Å². The molecule has 1 aromatic heterocycles. The highest BCUT2D eigenvalue weighted by atomic mass is 15.1. The highest BCUT2D eigenvalue weighted by Gasteiger charge is 2.14.